The number of carbonyl (C=O) groups excluding carboxylic acids is 1. The van der Waals surface area contributed by atoms with E-state index in [9.17, 15) is 13.6 Å². The van der Waals surface area contributed by atoms with E-state index in [1.807, 2.05) is 24.3 Å². The second-order valence-corrected chi connectivity index (χ2v) is 7.12. The third-order valence-electron chi connectivity index (χ3n) is 5.44. The molecule has 4 rings (SSSR count). The molecule has 2 aromatic carbocycles. The van der Waals surface area contributed by atoms with Gasteiger partial charge in [-0.05, 0) is 41.7 Å². The number of ether oxygens (including phenoxy) is 1. The molecule has 2 heterocycles. The molecule has 142 valence electrons. The fourth-order valence-electron chi connectivity index (χ4n) is 3.99. The average Bonchev–Trinajstić information content (AvgIpc) is 2.69. The molecule has 0 spiro atoms. The molecule has 2 N–H and O–H groups in total. The summed E-state index contributed by atoms with van der Waals surface area (Å²) in [6.45, 7) is 0.712. The van der Waals surface area contributed by atoms with Gasteiger partial charge in [-0.1, -0.05) is 36.4 Å². The van der Waals surface area contributed by atoms with E-state index in [0.717, 1.165) is 16.7 Å². The maximum Gasteiger partial charge on any atom is 0.255 e. The highest BCUT2D eigenvalue weighted by atomic mass is 19.1. The van der Waals surface area contributed by atoms with E-state index >= 15 is 0 Å². The molecule has 27 heavy (non-hydrogen) atoms. The summed E-state index contributed by atoms with van der Waals surface area (Å²) >= 11 is 0. The van der Waals surface area contributed by atoms with Crippen molar-refractivity contribution in [3.05, 3.63) is 71.0 Å². The summed E-state index contributed by atoms with van der Waals surface area (Å²) in [5, 5.41) is 0. The fourth-order valence-corrected chi connectivity index (χ4v) is 3.99. The Kier molecular flexibility index (Phi) is 4.93. The van der Waals surface area contributed by atoms with Gasteiger partial charge in [0, 0.05) is 19.2 Å². The first-order chi connectivity index (χ1) is 13.1. The van der Waals surface area contributed by atoms with Crippen molar-refractivity contribution in [3.8, 4) is 0 Å². The molecule has 4 nitrogen and oxygen atoms in total. The number of amides is 1. The molecule has 0 bridgehead atoms. The molecule has 0 unspecified atom stereocenters. The Labute approximate surface area is 156 Å². The molecule has 2 aromatic rings. The predicted molar refractivity (Wildman–Crippen MR) is 97.3 cm³/mol. The number of nitrogens with zero attached hydrogens (tertiary/aromatic N) is 1. The zero-order valence-corrected chi connectivity index (χ0v) is 14.9. The Bertz CT molecular complexity index is 827. The molecule has 1 saturated heterocycles. The maximum atomic E-state index is 14.6. The van der Waals surface area contributed by atoms with Crippen LogP contribution in [0.3, 0.4) is 0 Å². The van der Waals surface area contributed by atoms with Crippen molar-refractivity contribution >= 4 is 5.91 Å². The van der Waals surface area contributed by atoms with Crippen LogP contribution in [0.2, 0.25) is 0 Å². The Morgan fingerprint density at radius 3 is 2.67 bits per heavy atom. The molecule has 0 radical (unpaired) electrons. The summed E-state index contributed by atoms with van der Waals surface area (Å²) in [7, 11) is 0. The lowest BCUT2D eigenvalue weighted by Crippen LogP contribution is -2.55. The van der Waals surface area contributed by atoms with E-state index in [1.165, 1.54) is 12.1 Å². The number of alkyl halides is 1. The monoisotopic (exact) mass is 372 g/mol. The number of benzene rings is 2. The number of hydrogen-bond acceptors (Lipinski definition) is 3. The Morgan fingerprint density at radius 1 is 1.15 bits per heavy atom. The lowest BCUT2D eigenvalue weighted by molar-refractivity contribution is -0.155. The molecule has 0 saturated carbocycles. The van der Waals surface area contributed by atoms with Crippen LogP contribution in [0.15, 0.2) is 48.5 Å². The van der Waals surface area contributed by atoms with Crippen LogP contribution >= 0.6 is 0 Å². The Morgan fingerprint density at radius 2 is 1.89 bits per heavy atom. The van der Waals surface area contributed by atoms with Crippen LogP contribution in [0.5, 0.6) is 0 Å². The topological polar surface area (TPSA) is 55.6 Å². The van der Waals surface area contributed by atoms with Gasteiger partial charge < -0.3 is 15.4 Å². The van der Waals surface area contributed by atoms with Gasteiger partial charge >= 0.3 is 0 Å². The highest BCUT2D eigenvalue weighted by Gasteiger charge is 2.42. The van der Waals surface area contributed by atoms with Crippen LogP contribution in [-0.4, -0.2) is 42.3 Å². The number of halogens is 2. The molecule has 6 heteroatoms. The summed E-state index contributed by atoms with van der Waals surface area (Å²) in [5.74, 6) is -0.743. The van der Waals surface area contributed by atoms with Gasteiger partial charge in [-0.2, -0.15) is 0 Å². The third kappa shape index (κ3) is 3.35. The predicted octanol–water partition coefficient (Wildman–Crippen LogP) is 2.75. The van der Waals surface area contributed by atoms with Crippen LogP contribution in [-0.2, 0) is 16.0 Å². The lowest BCUT2D eigenvalue weighted by atomic mass is 9.87. The van der Waals surface area contributed by atoms with Gasteiger partial charge in [0.25, 0.3) is 5.91 Å². The molecule has 0 aromatic heterocycles. The fraction of sp³-hybridized carbons (Fsp3) is 0.381. The summed E-state index contributed by atoms with van der Waals surface area (Å²) in [4.78, 5) is 14.8. The molecule has 0 aliphatic carbocycles. The van der Waals surface area contributed by atoms with E-state index in [4.69, 9.17) is 10.5 Å². The van der Waals surface area contributed by atoms with Crippen molar-refractivity contribution in [1.82, 2.24) is 4.90 Å². The van der Waals surface area contributed by atoms with Gasteiger partial charge in [0.05, 0.1) is 6.04 Å². The molecular formula is C21H22F2N2O2. The smallest absolute Gasteiger partial charge is 0.255 e. The summed E-state index contributed by atoms with van der Waals surface area (Å²) in [6.07, 6.45) is -1.65. The van der Waals surface area contributed by atoms with Crippen molar-refractivity contribution in [2.45, 2.75) is 37.2 Å². The number of nitrogens with two attached hydrogens (primary N) is 1. The van der Waals surface area contributed by atoms with E-state index in [2.05, 4.69) is 0 Å². The van der Waals surface area contributed by atoms with Crippen molar-refractivity contribution in [3.63, 3.8) is 0 Å². The van der Waals surface area contributed by atoms with Crippen LogP contribution in [0.4, 0.5) is 8.78 Å². The normalized spacial score (nSPS) is 27.9. The Balaban J connectivity index is 1.72. The standard InChI is InChI=1S/C21H22F2N2O2/c22-15-7-5-14(6-8-15)19-16-4-2-1-3-13(16)9-11-25(19)21(26)20-18(23)17(24)10-12-27-20/h1-8,17-20H,9-12,24H2/t17-,18-,19+,20-/m1/s1. The summed E-state index contributed by atoms with van der Waals surface area (Å²) in [6, 6.07) is 12.8. The minimum atomic E-state index is -1.53. The van der Waals surface area contributed by atoms with Crippen molar-refractivity contribution in [1.29, 1.82) is 0 Å². The minimum absolute atomic E-state index is 0.267. The second kappa shape index (κ2) is 7.37. The van der Waals surface area contributed by atoms with E-state index in [1.54, 1.807) is 17.0 Å². The number of hydrogen-bond donors (Lipinski definition) is 1. The lowest BCUT2D eigenvalue weighted by Gasteiger charge is -2.41. The van der Waals surface area contributed by atoms with Crippen LogP contribution in [0.25, 0.3) is 0 Å². The van der Waals surface area contributed by atoms with Gasteiger partial charge in [-0.25, -0.2) is 8.78 Å². The first-order valence-electron chi connectivity index (χ1n) is 9.21. The maximum absolute atomic E-state index is 14.6. The molecule has 2 aliphatic heterocycles. The number of fused-ring (bicyclic) bond motifs is 1. The molecule has 4 atom stereocenters. The zero-order chi connectivity index (χ0) is 19.0. The van der Waals surface area contributed by atoms with Gasteiger partial charge in [0.1, 0.15) is 5.82 Å². The van der Waals surface area contributed by atoms with Crippen LogP contribution in [0, 0.1) is 5.82 Å². The van der Waals surface area contributed by atoms with Crippen molar-refractivity contribution < 1.29 is 18.3 Å². The van der Waals surface area contributed by atoms with Crippen LogP contribution < -0.4 is 5.73 Å². The highest BCUT2D eigenvalue weighted by Crippen LogP contribution is 2.36. The van der Waals surface area contributed by atoms with E-state index < -0.39 is 30.3 Å². The van der Waals surface area contributed by atoms with Gasteiger partial charge in [-0.15, -0.1) is 0 Å². The molecular weight excluding hydrogens is 350 g/mol. The van der Waals surface area contributed by atoms with E-state index in [0.29, 0.717) is 19.4 Å². The molecule has 2 aliphatic rings. The third-order valence-corrected chi connectivity index (χ3v) is 5.44. The van der Waals surface area contributed by atoms with E-state index in [-0.39, 0.29) is 12.4 Å². The van der Waals surface area contributed by atoms with Crippen molar-refractivity contribution in [2.75, 3.05) is 13.2 Å². The Hall–Kier alpha value is -2.31. The van der Waals surface area contributed by atoms with Gasteiger partial charge in [0.2, 0.25) is 0 Å². The van der Waals surface area contributed by atoms with Gasteiger partial charge in [0.15, 0.2) is 12.3 Å². The number of carbonyl (C=O) groups is 1. The summed E-state index contributed by atoms with van der Waals surface area (Å²) < 4.78 is 33.5. The quantitative estimate of drug-likeness (QED) is 0.882. The minimum Gasteiger partial charge on any atom is -0.365 e. The largest absolute Gasteiger partial charge is 0.365 e. The molecule has 1 fully saturated rings. The SMILES string of the molecule is N[C@@H]1CCO[C@@H](C(=O)N2CCc3ccccc3[C@@H]2c2ccc(F)cc2)[C@@H]1F. The molecule has 1 amide bonds. The second-order valence-electron chi connectivity index (χ2n) is 7.12. The zero-order valence-electron chi connectivity index (χ0n) is 14.9. The summed E-state index contributed by atoms with van der Waals surface area (Å²) in [5.41, 5.74) is 8.70. The first-order valence-corrected chi connectivity index (χ1v) is 9.21. The van der Waals surface area contributed by atoms with Gasteiger partial charge in [-0.3, -0.25) is 4.79 Å². The number of rotatable bonds is 2. The van der Waals surface area contributed by atoms with Crippen LogP contribution in [0.1, 0.15) is 29.2 Å². The first kappa shape index (κ1) is 18.1. The average molecular weight is 372 g/mol. The van der Waals surface area contributed by atoms with Crippen molar-refractivity contribution in [2.24, 2.45) is 5.73 Å². The highest BCUT2D eigenvalue weighted by molar-refractivity contribution is 5.83.